The van der Waals surface area contributed by atoms with Gasteiger partial charge in [0.1, 0.15) is 5.75 Å². The molecule has 1 fully saturated rings. The molecule has 0 saturated carbocycles. The van der Waals surface area contributed by atoms with Gasteiger partial charge < -0.3 is 10.0 Å². The first kappa shape index (κ1) is 17.5. The molecule has 132 valence electrons. The van der Waals surface area contributed by atoms with Crippen LogP contribution in [-0.4, -0.2) is 48.8 Å². The van der Waals surface area contributed by atoms with Crippen LogP contribution in [0, 0.1) is 0 Å². The van der Waals surface area contributed by atoms with Crippen molar-refractivity contribution in [2.75, 3.05) is 12.3 Å². The number of H-pyrrole nitrogens is 1. The number of nitrogens with zero attached hydrogens (tertiary/aromatic N) is 4. The van der Waals surface area contributed by atoms with E-state index in [0.29, 0.717) is 23.8 Å². The Hall–Kier alpha value is -2.35. The first-order valence-corrected chi connectivity index (χ1v) is 9.03. The summed E-state index contributed by atoms with van der Waals surface area (Å²) >= 11 is 1.54. The highest BCUT2D eigenvalue weighted by molar-refractivity contribution is 8.04. The fourth-order valence-electron chi connectivity index (χ4n) is 2.65. The maximum atomic E-state index is 12.7. The van der Waals surface area contributed by atoms with E-state index in [0.717, 1.165) is 16.9 Å². The van der Waals surface area contributed by atoms with Crippen molar-refractivity contribution in [2.45, 2.75) is 32.7 Å². The smallest absolute Gasteiger partial charge is 0.260 e. The van der Waals surface area contributed by atoms with Crippen LogP contribution in [0.1, 0.15) is 37.7 Å². The van der Waals surface area contributed by atoms with Crippen molar-refractivity contribution in [3.05, 3.63) is 40.1 Å². The van der Waals surface area contributed by atoms with E-state index < -0.39 is 0 Å². The number of phenolic OH excluding ortho intramolecular Hbond substituents is 1. The highest BCUT2D eigenvalue weighted by atomic mass is 32.2. The van der Waals surface area contributed by atoms with Gasteiger partial charge in [0.15, 0.2) is 5.82 Å². The quantitative estimate of drug-likeness (QED) is 0.817. The van der Waals surface area contributed by atoms with Gasteiger partial charge in [0.25, 0.3) is 5.91 Å². The van der Waals surface area contributed by atoms with Gasteiger partial charge in [0, 0.05) is 12.3 Å². The molecule has 0 bridgehead atoms. The maximum Gasteiger partial charge on any atom is 0.260 e. The van der Waals surface area contributed by atoms with Crippen LogP contribution < -0.4 is 0 Å². The fraction of sp³-hybridized carbons (Fsp3) is 0.412. The zero-order valence-electron chi connectivity index (χ0n) is 14.5. The number of nitrogens with one attached hydrogen (secondary N) is 1. The van der Waals surface area contributed by atoms with Crippen LogP contribution in [0.4, 0.5) is 0 Å². The average molecular weight is 359 g/mol. The van der Waals surface area contributed by atoms with E-state index in [9.17, 15) is 9.90 Å². The zero-order valence-corrected chi connectivity index (χ0v) is 15.3. The van der Waals surface area contributed by atoms with Crippen molar-refractivity contribution in [3.8, 4) is 5.75 Å². The van der Waals surface area contributed by atoms with Crippen LogP contribution in [-0.2, 0) is 16.8 Å². The first-order chi connectivity index (χ1) is 11.8. The number of hydrogen-bond acceptors (Lipinski definition) is 6. The first-order valence-electron chi connectivity index (χ1n) is 8.04. The number of thioether (sulfide) groups is 1. The van der Waals surface area contributed by atoms with E-state index in [-0.39, 0.29) is 17.1 Å². The van der Waals surface area contributed by atoms with Crippen LogP contribution in [0.15, 0.2) is 23.1 Å². The molecule has 2 N–H and O–H groups in total. The molecule has 2 aromatic rings. The summed E-state index contributed by atoms with van der Waals surface area (Å²) in [5.41, 5.74) is 1.59. The van der Waals surface area contributed by atoms with Crippen molar-refractivity contribution in [1.82, 2.24) is 25.5 Å². The molecule has 1 saturated heterocycles. The van der Waals surface area contributed by atoms with E-state index in [1.807, 2.05) is 39.0 Å². The zero-order chi connectivity index (χ0) is 18.0. The number of phenols is 1. The van der Waals surface area contributed by atoms with Gasteiger partial charge in [-0.15, -0.1) is 22.0 Å². The molecular weight excluding hydrogens is 338 g/mol. The lowest BCUT2D eigenvalue weighted by Gasteiger charge is -2.27. The summed E-state index contributed by atoms with van der Waals surface area (Å²) in [7, 11) is 0. The third-order valence-electron chi connectivity index (χ3n) is 3.96. The van der Waals surface area contributed by atoms with Gasteiger partial charge in [-0.2, -0.15) is 5.21 Å². The van der Waals surface area contributed by atoms with Gasteiger partial charge in [-0.3, -0.25) is 4.79 Å². The van der Waals surface area contributed by atoms with Crippen LogP contribution in [0.2, 0.25) is 0 Å². The van der Waals surface area contributed by atoms with Gasteiger partial charge in [-0.05, 0) is 34.8 Å². The molecule has 0 unspecified atom stereocenters. The van der Waals surface area contributed by atoms with E-state index in [4.69, 9.17) is 0 Å². The molecule has 25 heavy (non-hydrogen) atoms. The lowest BCUT2D eigenvalue weighted by Crippen LogP contribution is -2.36. The number of carbonyl (C=O) groups excluding carboxylic acids is 1. The third-order valence-corrected chi connectivity index (χ3v) is 4.95. The number of rotatable bonds is 3. The molecular formula is C17H21N5O2S. The topological polar surface area (TPSA) is 95.0 Å². The Morgan fingerprint density at radius 1 is 1.40 bits per heavy atom. The minimum atomic E-state index is -0.174. The molecule has 3 rings (SSSR count). The predicted octanol–water partition coefficient (Wildman–Crippen LogP) is 2.32. The minimum Gasteiger partial charge on any atom is -0.508 e. The number of tetrazole rings is 1. The van der Waals surface area contributed by atoms with Crippen LogP contribution in [0.3, 0.4) is 0 Å². The molecule has 1 aliphatic heterocycles. The molecule has 2 heterocycles. The van der Waals surface area contributed by atoms with Crippen molar-refractivity contribution >= 4 is 23.7 Å². The van der Waals surface area contributed by atoms with Crippen molar-refractivity contribution in [1.29, 1.82) is 0 Å². The van der Waals surface area contributed by atoms with E-state index in [2.05, 4.69) is 20.6 Å². The van der Waals surface area contributed by atoms with Crippen LogP contribution in [0.25, 0.3) is 6.08 Å². The Labute approximate surface area is 150 Å². The average Bonchev–Trinajstić information content (AvgIpc) is 3.05. The van der Waals surface area contributed by atoms with Crippen LogP contribution >= 0.6 is 11.8 Å². The summed E-state index contributed by atoms with van der Waals surface area (Å²) < 4.78 is 0. The molecule has 8 heteroatoms. The number of aromatic amines is 1. The molecule has 0 aliphatic carbocycles. The monoisotopic (exact) mass is 359 g/mol. The standard InChI is InChI=1S/C17H21N5O2S/c1-17(2,3)12-8-11(4-5-13(12)23)9-14-16(24)22(6-7-25-14)10-15-18-20-21-19-15/h4-5,8-9,23H,6-7,10H2,1-3H3,(H,18,19,20,21)/b14-9-. The molecule has 0 atom stereocenters. The Morgan fingerprint density at radius 3 is 2.88 bits per heavy atom. The van der Waals surface area contributed by atoms with Gasteiger partial charge in [-0.1, -0.05) is 32.1 Å². The van der Waals surface area contributed by atoms with Crippen molar-refractivity contribution in [3.63, 3.8) is 0 Å². The summed E-state index contributed by atoms with van der Waals surface area (Å²) in [5, 5.41) is 23.8. The number of benzene rings is 1. The number of aromatic hydroxyl groups is 1. The van der Waals surface area contributed by atoms with Crippen molar-refractivity contribution in [2.24, 2.45) is 0 Å². The van der Waals surface area contributed by atoms with Crippen LogP contribution in [0.5, 0.6) is 5.75 Å². The van der Waals surface area contributed by atoms with Crippen molar-refractivity contribution < 1.29 is 9.90 Å². The molecule has 0 radical (unpaired) electrons. The molecule has 1 aliphatic rings. The minimum absolute atomic E-state index is 0.0357. The number of aromatic nitrogens is 4. The molecule has 7 nitrogen and oxygen atoms in total. The second-order valence-corrected chi connectivity index (χ2v) is 8.08. The summed E-state index contributed by atoms with van der Waals surface area (Å²) in [5.74, 6) is 1.56. The second-order valence-electron chi connectivity index (χ2n) is 6.94. The number of amides is 1. The summed E-state index contributed by atoms with van der Waals surface area (Å²) in [6.45, 7) is 7.14. The number of carbonyl (C=O) groups is 1. The lowest BCUT2D eigenvalue weighted by atomic mass is 9.85. The highest BCUT2D eigenvalue weighted by Crippen LogP contribution is 2.33. The second kappa shape index (κ2) is 6.87. The molecule has 1 aromatic heterocycles. The van der Waals surface area contributed by atoms with Gasteiger partial charge in [-0.25, -0.2) is 0 Å². The Morgan fingerprint density at radius 2 is 2.20 bits per heavy atom. The van der Waals surface area contributed by atoms with E-state index in [1.54, 1.807) is 22.7 Å². The summed E-state index contributed by atoms with van der Waals surface area (Å²) in [6, 6.07) is 5.44. The maximum absolute atomic E-state index is 12.7. The Bertz CT molecular complexity index is 796. The highest BCUT2D eigenvalue weighted by Gasteiger charge is 2.25. The Kier molecular flexibility index (Phi) is 4.80. The van der Waals surface area contributed by atoms with Gasteiger partial charge >= 0.3 is 0 Å². The third kappa shape index (κ3) is 4.01. The fourth-order valence-corrected chi connectivity index (χ4v) is 3.66. The predicted molar refractivity (Wildman–Crippen MR) is 96.8 cm³/mol. The summed E-state index contributed by atoms with van der Waals surface area (Å²) in [4.78, 5) is 15.1. The van der Waals surface area contributed by atoms with E-state index >= 15 is 0 Å². The molecule has 1 amide bonds. The SMILES string of the molecule is CC(C)(C)c1cc(/C=C2\SCCN(Cc3nn[nH]n3)C2=O)ccc1O. The van der Waals surface area contributed by atoms with E-state index in [1.165, 1.54) is 0 Å². The largest absolute Gasteiger partial charge is 0.508 e. The summed E-state index contributed by atoms with van der Waals surface area (Å²) in [6.07, 6.45) is 1.88. The lowest BCUT2D eigenvalue weighted by molar-refractivity contribution is -0.127. The molecule has 1 aromatic carbocycles. The van der Waals surface area contributed by atoms with Gasteiger partial charge in [0.2, 0.25) is 0 Å². The van der Waals surface area contributed by atoms with Gasteiger partial charge in [0.05, 0.1) is 11.4 Å². The number of hydrogen-bond donors (Lipinski definition) is 2. The molecule has 0 spiro atoms. The normalized spacial score (nSPS) is 17.3. The Balaban J connectivity index is 1.84.